The van der Waals surface area contributed by atoms with Crippen LogP contribution in [0.25, 0.3) is 0 Å². The molecule has 0 unspecified atom stereocenters. The number of hydrogen-bond acceptors (Lipinski definition) is 5. The van der Waals surface area contributed by atoms with Crippen molar-refractivity contribution in [1.82, 2.24) is 15.3 Å². The molecule has 0 aromatic carbocycles. The van der Waals surface area contributed by atoms with Crippen LogP contribution in [0.2, 0.25) is 0 Å². The molecule has 1 aliphatic rings. The first kappa shape index (κ1) is 14.1. The van der Waals surface area contributed by atoms with Gasteiger partial charge in [0.15, 0.2) is 5.69 Å². The van der Waals surface area contributed by atoms with E-state index in [-0.39, 0.29) is 17.9 Å². The van der Waals surface area contributed by atoms with Gasteiger partial charge in [-0.3, -0.25) is 4.79 Å². The minimum Gasteiger partial charge on any atom is -0.396 e. The molecular weight excluding hydrogens is 260 g/mol. The van der Waals surface area contributed by atoms with Crippen LogP contribution in [0.15, 0.2) is 6.20 Å². The lowest BCUT2D eigenvalue weighted by molar-refractivity contribution is 0.0930. The second kappa shape index (κ2) is 6.23. The molecule has 3 N–H and O–H groups in total. The molecule has 1 amide bonds. The van der Waals surface area contributed by atoms with Gasteiger partial charge in [0.25, 0.3) is 5.91 Å². The Morgan fingerprint density at radius 2 is 2.16 bits per heavy atom. The maximum Gasteiger partial charge on any atom is 0.272 e. The van der Waals surface area contributed by atoms with Gasteiger partial charge >= 0.3 is 0 Å². The molecule has 1 aliphatic heterocycles. The van der Waals surface area contributed by atoms with E-state index in [1.54, 1.807) is 0 Å². The van der Waals surface area contributed by atoms with E-state index in [2.05, 4.69) is 15.3 Å². The van der Waals surface area contributed by atoms with E-state index >= 15 is 0 Å². The number of nitrogen functional groups attached to an aromatic ring is 1. The highest BCUT2D eigenvalue weighted by Crippen LogP contribution is 2.18. The second-order valence-electron chi connectivity index (χ2n) is 5.05. The van der Waals surface area contributed by atoms with Crippen molar-refractivity contribution in [3.05, 3.63) is 17.7 Å². The monoisotopic (exact) mass is 280 g/mol. The number of thioether (sulfide) groups is 1. The normalized spacial score (nSPS) is 16.6. The van der Waals surface area contributed by atoms with Crippen molar-refractivity contribution in [2.75, 3.05) is 17.2 Å². The summed E-state index contributed by atoms with van der Waals surface area (Å²) < 4.78 is 0. The fraction of sp³-hybridized carbons (Fsp3) is 0.615. The standard InChI is InChI=1S/C13H20N4OS/c1-8(2)12-15-7-10(14)11(17-12)13(18)16-9-3-5-19-6-4-9/h7-9H,3-6,14H2,1-2H3,(H,16,18). The predicted molar refractivity (Wildman–Crippen MR) is 78.3 cm³/mol. The van der Waals surface area contributed by atoms with Crippen molar-refractivity contribution in [2.45, 2.75) is 38.6 Å². The topological polar surface area (TPSA) is 80.9 Å². The highest BCUT2D eigenvalue weighted by Gasteiger charge is 2.20. The Kier molecular flexibility index (Phi) is 4.63. The van der Waals surface area contributed by atoms with Crippen molar-refractivity contribution < 1.29 is 4.79 Å². The summed E-state index contributed by atoms with van der Waals surface area (Å²) in [6.45, 7) is 3.98. The van der Waals surface area contributed by atoms with Gasteiger partial charge in [-0.2, -0.15) is 11.8 Å². The molecule has 0 atom stereocenters. The molecule has 2 heterocycles. The van der Waals surface area contributed by atoms with Crippen molar-refractivity contribution in [2.24, 2.45) is 0 Å². The summed E-state index contributed by atoms with van der Waals surface area (Å²) in [5, 5.41) is 3.02. The van der Waals surface area contributed by atoms with Gasteiger partial charge in [-0.05, 0) is 24.3 Å². The minimum absolute atomic E-state index is 0.179. The van der Waals surface area contributed by atoms with Crippen molar-refractivity contribution >= 4 is 23.4 Å². The highest BCUT2D eigenvalue weighted by molar-refractivity contribution is 7.99. The summed E-state index contributed by atoms with van der Waals surface area (Å²) in [7, 11) is 0. The molecule has 104 valence electrons. The van der Waals surface area contributed by atoms with Crippen LogP contribution in [-0.4, -0.2) is 33.4 Å². The van der Waals surface area contributed by atoms with E-state index in [1.165, 1.54) is 6.20 Å². The number of nitrogens with one attached hydrogen (secondary N) is 1. The molecule has 0 aliphatic carbocycles. The Hall–Kier alpha value is -1.30. The fourth-order valence-corrected chi connectivity index (χ4v) is 3.07. The third-order valence-corrected chi connectivity index (χ3v) is 4.17. The maximum absolute atomic E-state index is 12.2. The van der Waals surface area contributed by atoms with E-state index in [0.29, 0.717) is 17.2 Å². The lowest BCUT2D eigenvalue weighted by atomic mass is 10.1. The first-order chi connectivity index (χ1) is 9.08. The SMILES string of the molecule is CC(C)c1ncc(N)c(C(=O)NC2CCSCC2)n1. The van der Waals surface area contributed by atoms with Crippen LogP contribution in [0.1, 0.15) is 48.9 Å². The van der Waals surface area contributed by atoms with Crippen LogP contribution in [0.5, 0.6) is 0 Å². The molecule has 0 bridgehead atoms. The number of nitrogens with two attached hydrogens (primary N) is 1. The van der Waals surface area contributed by atoms with Crippen LogP contribution in [0, 0.1) is 0 Å². The first-order valence-electron chi connectivity index (χ1n) is 6.59. The fourth-order valence-electron chi connectivity index (χ4n) is 1.96. The van der Waals surface area contributed by atoms with Crippen LogP contribution in [0.3, 0.4) is 0 Å². The molecule has 0 spiro atoms. The predicted octanol–water partition coefficient (Wildman–Crippen LogP) is 1.81. The number of amides is 1. The minimum atomic E-state index is -0.182. The largest absolute Gasteiger partial charge is 0.396 e. The van der Waals surface area contributed by atoms with Crippen LogP contribution in [-0.2, 0) is 0 Å². The summed E-state index contributed by atoms with van der Waals surface area (Å²) in [5.74, 6) is 2.85. The van der Waals surface area contributed by atoms with Gasteiger partial charge in [0, 0.05) is 12.0 Å². The summed E-state index contributed by atoms with van der Waals surface area (Å²) in [5.41, 5.74) is 6.45. The summed E-state index contributed by atoms with van der Waals surface area (Å²) in [6, 6.07) is 0.241. The van der Waals surface area contributed by atoms with Crippen molar-refractivity contribution in [1.29, 1.82) is 0 Å². The molecule has 2 rings (SSSR count). The number of carbonyl (C=O) groups is 1. The zero-order chi connectivity index (χ0) is 13.8. The van der Waals surface area contributed by atoms with Crippen LogP contribution < -0.4 is 11.1 Å². The van der Waals surface area contributed by atoms with Gasteiger partial charge < -0.3 is 11.1 Å². The van der Waals surface area contributed by atoms with Gasteiger partial charge in [0.05, 0.1) is 11.9 Å². The number of hydrogen-bond donors (Lipinski definition) is 2. The van der Waals surface area contributed by atoms with E-state index in [0.717, 1.165) is 24.3 Å². The quantitative estimate of drug-likeness (QED) is 0.882. The molecule has 6 heteroatoms. The molecule has 1 aromatic rings. The average molecular weight is 280 g/mol. The molecule has 1 fully saturated rings. The zero-order valence-electron chi connectivity index (χ0n) is 11.3. The van der Waals surface area contributed by atoms with Gasteiger partial charge in [0.1, 0.15) is 5.82 Å². The third kappa shape index (κ3) is 3.59. The molecule has 5 nitrogen and oxygen atoms in total. The lowest BCUT2D eigenvalue weighted by Gasteiger charge is -2.22. The number of carbonyl (C=O) groups excluding carboxylic acids is 1. The Labute approximate surface area is 117 Å². The Morgan fingerprint density at radius 3 is 2.79 bits per heavy atom. The summed E-state index contributed by atoms with van der Waals surface area (Å²) in [4.78, 5) is 20.7. The van der Waals surface area contributed by atoms with E-state index in [1.807, 2.05) is 25.6 Å². The molecule has 0 radical (unpaired) electrons. The number of rotatable bonds is 3. The highest BCUT2D eigenvalue weighted by atomic mass is 32.2. The molecule has 19 heavy (non-hydrogen) atoms. The van der Waals surface area contributed by atoms with E-state index < -0.39 is 0 Å². The van der Waals surface area contributed by atoms with Gasteiger partial charge in [0.2, 0.25) is 0 Å². The maximum atomic E-state index is 12.2. The smallest absolute Gasteiger partial charge is 0.272 e. The Morgan fingerprint density at radius 1 is 1.47 bits per heavy atom. The van der Waals surface area contributed by atoms with Crippen molar-refractivity contribution in [3.8, 4) is 0 Å². The number of anilines is 1. The Balaban J connectivity index is 2.11. The molecule has 1 saturated heterocycles. The van der Waals surface area contributed by atoms with E-state index in [9.17, 15) is 4.79 Å². The third-order valence-electron chi connectivity index (χ3n) is 3.12. The van der Waals surface area contributed by atoms with Gasteiger partial charge in [-0.15, -0.1) is 0 Å². The van der Waals surface area contributed by atoms with Gasteiger partial charge in [-0.1, -0.05) is 13.8 Å². The molecule has 0 saturated carbocycles. The van der Waals surface area contributed by atoms with Crippen LogP contribution >= 0.6 is 11.8 Å². The summed E-state index contributed by atoms with van der Waals surface area (Å²) in [6.07, 6.45) is 3.55. The number of aromatic nitrogens is 2. The van der Waals surface area contributed by atoms with Crippen LogP contribution in [0.4, 0.5) is 5.69 Å². The second-order valence-corrected chi connectivity index (χ2v) is 6.27. The lowest BCUT2D eigenvalue weighted by Crippen LogP contribution is -2.38. The number of nitrogens with zero attached hydrogens (tertiary/aromatic N) is 2. The zero-order valence-corrected chi connectivity index (χ0v) is 12.2. The van der Waals surface area contributed by atoms with Gasteiger partial charge in [-0.25, -0.2) is 9.97 Å². The first-order valence-corrected chi connectivity index (χ1v) is 7.74. The molecular formula is C13H20N4OS. The molecule has 1 aromatic heterocycles. The van der Waals surface area contributed by atoms with Crippen molar-refractivity contribution in [3.63, 3.8) is 0 Å². The Bertz CT molecular complexity index is 458. The van der Waals surface area contributed by atoms with E-state index in [4.69, 9.17) is 5.73 Å². The summed E-state index contributed by atoms with van der Waals surface area (Å²) >= 11 is 1.93. The average Bonchev–Trinajstić information content (AvgIpc) is 2.40.